The van der Waals surface area contributed by atoms with Crippen LogP contribution in [0.25, 0.3) is 0 Å². The summed E-state index contributed by atoms with van der Waals surface area (Å²) < 4.78 is 5.81. The molecule has 1 atom stereocenters. The molecular formula is C25H40N4O7. The highest BCUT2D eigenvalue weighted by Gasteiger charge is 2.35. The number of hydrogen-bond acceptors (Lipinski definition) is 7. The minimum absolute atomic E-state index is 0.00237. The topological polar surface area (TPSA) is 142 Å². The Bertz CT molecular complexity index is 856. The molecule has 0 bridgehead atoms. The lowest BCUT2D eigenvalue weighted by Gasteiger charge is -2.40. The number of nitrogens with zero attached hydrogens (tertiary/aromatic N) is 2. The van der Waals surface area contributed by atoms with Gasteiger partial charge in [-0.2, -0.15) is 0 Å². The number of carbonyl (C=O) groups is 6. The maximum absolute atomic E-state index is 13.2. The smallest absolute Gasteiger partial charge is 0.254 e. The third kappa shape index (κ3) is 9.88. The van der Waals surface area contributed by atoms with Crippen molar-refractivity contribution in [1.29, 1.82) is 0 Å². The molecule has 202 valence electrons. The van der Waals surface area contributed by atoms with Gasteiger partial charge in [-0.05, 0) is 47.0 Å². The maximum atomic E-state index is 13.2. The number of aldehydes is 1. The molecule has 2 N–H and O–H groups in total. The summed E-state index contributed by atoms with van der Waals surface area (Å²) >= 11 is 0. The van der Waals surface area contributed by atoms with Gasteiger partial charge in [0, 0.05) is 37.3 Å². The third-order valence-corrected chi connectivity index (χ3v) is 5.66. The van der Waals surface area contributed by atoms with Crippen molar-refractivity contribution < 1.29 is 33.5 Å². The number of ether oxygens (including phenoxy) is 1. The molecule has 0 aromatic rings. The second-order valence-corrected chi connectivity index (χ2v) is 10.6. The zero-order valence-corrected chi connectivity index (χ0v) is 22.4. The molecule has 36 heavy (non-hydrogen) atoms. The van der Waals surface area contributed by atoms with Crippen molar-refractivity contribution in [3.63, 3.8) is 0 Å². The first-order valence-electron chi connectivity index (χ1n) is 12.1. The lowest BCUT2D eigenvalue weighted by atomic mass is 9.97. The van der Waals surface area contributed by atoms with E-state index in [1.165, 1.54) is 4.90 Å². The molecule has 0 aromatic carbocycles. The van der Waals surface area contributed by atoms with Crippen LogP contribution < -0.4 is 10.6 Å². The first-order chi connectivity index (χ1) is 16.6. The molecule has 1 rings (SSSR count). The third-order valence-electron chi connectivity index (χ3n) is 5.66. The van der Waals surface area contributed by atoms with Crippen molar-refractivity contribution in [1.82, 2.24) is 20.4 Å². The number of rotatable bonds is 14. The van der Waals surface area contributed by atoms with Crippen molar-refractivity contribution in [2.45, 2.75) is 78.5 Å². The lowest BCUT2D eigenvalue weighted by Crippen LogP contribution is -2.54. The molecule has 5 amide bonds. The number of amides is 5. The van der Waals surface area contributed by atoms with Gasteiger partial charge in [-0.25, -0.2) is 0 Å². The van der Waals surface area contributed by atoms with Crippen LogP contribution in [-0.2, 0) is 33.5 Å². The van der Waals surface area contributed by atoms with Crippen LogP contribution in [-0.4, -0.2) is 89.0 Å². The molecule has 1 aliphatic rings. The SMILES string of the molecule is CC(C)C(NC(=O)CCN(C(=O)CN1C(=O)C=CC1=O)C(C)(C)CCOC(C)(C)C)C(=O)NCC=O. The lowest BCUT2D eigenvalue weighted by molar-refractivity contribution is -0.148. The van der Waals surface area contributed by atoms with Crippen molar-refractivity contribution in [3.05, 3.63) is 12.2 Å². The summed E-state index contributed by atoms with van der Waals surface area (Å²) in [4.78, 5) is 75.1. The molecule has 0 aliphatic carbocycles. The van der Waals surface area contributed by atoms with Crippen molar-refractivity contribution in [2.75, 3.05) is 26.2 Å². The van der Waals surface area contributed by atoms with Crippen molar-refractivity contribution >= 4 is 35.8 Å². The Kier molecular flexibility index (Phi) is 11.4. The van der Waals surface area contributed by atoms with Gasteiger partial charge in [0.1, 0.15) is 18.9 Å². The standard InChI is InChI=1S/C25H40N4O7/c1-17(2)22(23(35)26-12-14-30)27-18(31)10-13-29(25(6,7)11-15-36-24(3,4)5)21(34)16-28-19(32)8-9-20(28)33/h8-9,14,17,22H,10-13,15-16H2,1-7H3,(H,26,35)(H,27,31). The molecule has 0 saturated heterocycles. The molecule has 0 aromatic heterocycles. The molecule has 0 fully saturated rings. The van der Waals surface area contributed by atoms with Gasteiger partial charge in [0.15, 0.2) is 0 Å². The quantitative estimate of drug-likeness (QED) is 0.258. The van der Waals surface area contributed by atoms with E-state index in [-0.39, 0.29) is 31.0 Å². The second kappa shape index (κ2) is 13.3. The van der Waals surface area contributed by atoms with Crippen LogP contribution in [0, 0.1) is 5.92 Å². The Morgan fingerprint density at radius 2 is 1.67 bits per heavy atom. The minimum Gasteiger partial charge on any atom is -0.376 e. The molecule has 1 aliphatic heterocycles. The van der Waals surface area contributed by atoms with Gasteiger partial charge in [-0.15, -0.1) is 0 Å². The van der Waals surface area contributed by atoms with Crippen LogP contribution in [0.5, 0.6) is 0 Å². The number of nitrogens with one attached hydrogen (secondary N) is 2. The molecule has 0 saturated carbocycles. The molecule has 0 spiro atoms. The number of hydrogen-bond donors (Lipinski definition) is 2. The predicted molar refractivity (Wildman–Crippen MR) is 132 cm³/mol. The Balaban J connectivity index is 2.96. The zero-order chi connectivity index (χ0) is 27.7. The monoisotopic (exact) mass is 508 g/mol. The van der Waals surface area contributed by atoms with Gasteiger partial charge in [-0.3, -0.25) is 28.9 Å². The van der Waals surface area contributed by atoms with Crippen LogP contribution in [0.2, 0.25) is 0 Å². The van der Waals surface area contributed by atoms with Gasteiger partial charge >= 0.3 is 0 Å². The van der Waals surface area contributed by atoms with Gasteiger partial charge in [0.2, 0.25) is 17.7 Å². The summed E-state index contributed by atoms with van der Waals surface area (Å²) in [6, 6.07) is -0.847. The molecule has 1 unspecified atom stereocenters. The fourth-order valence-corrected chi connectivity index (χ4v) is 3.56. The Morgan fingerprint density at radius 1 is 1.08 bits per heavy atom. The zero-order valence-electron chi connectivity index (χ0n) is 22.4. The fraction of sp³-hybridized carbons (Fsp3) is 0.680. The Hall–Kier alpha value is -3.08. The molecule has 0 radical (unpaired) electrons. The highest BCUT2D eigenvalue weighted by atomic mass is 16.5. The van der Waals surface area contributed by atoms with Crippen molar-refractivity contribution in [3.8, 4) is 0 Å². The second-order valence-electron chi connectivity index (χ2n) is 10.6. The maximum Gasteiger partial charge on any atom is 0.254 e. The molecule has 1 heterocycles. The average molecular weight is 509 g/mol. The predicted octanol–water partition coefficient (Wildman–Crippen LogP) is 0.570. The van der Waals surface area contributed by atoms with Crippen LogP contribution >= 0.6 is 0 Å². The molecule has 11 nitrogen and oxygen atoms in total. The van der Waals surface area contributed by atoms with E-state index in [4.69, 9.17) is 4.74 Å². The summed E-state index contributed by atoms with van der Waals surface area (Å²) in [6.45, 7) is 12.7. The summed E-state index contributed by atoms with van der Waals surface area (Å²) in [5.41, 5.74) is -1.14. The van der Waals surface area contributed by atoms with Gasteiger partial charge in [0.25, 0.3) is 11.8 Å². The normalized spacial score (nSPS) is 14.7. The Labute approximate surface area is 213 Å². The average Bonchev–Trinajstić information content (AvgIpc) is 3.06. The van der Waals surface area contributed by atoms with Gasteiger partial charge < -0.3 is 25.1 Å². The first kappa shape index (κ1) is 31.0. The number of imide groups is 1. The van der Waals surface area contributed by atoms with Crippen LogP contribution in [0.4, 0.5) is 0 Å². The van der Waals surface area contributed by atoms with E-state index < -0.39 is 47.7 Å². The van der Waals surface area contributed by atoms with E-state index in [0.717, 1.165) is 17.1 Å². The van der Waals surface area contributed by atoms with Crippen LogP contribution in [0.1, 0.15) is 61.3 Å². The van der Waals surface area contributed by atoms with E-state index in [1.54, 1.807) is 13.8 Å². The van der Waals surface area contributed by atoms with Crippen LogP contribution in [0.15, 0.2) is 12.2 Å². The van der Waals surface area contributed by atoms with E-state index in [9.17, 15) is 28.8 Å². The minimum atomic E-state index is -0.847. The largest absolute Gasteiger partial charge is 0.376 e. The van der Waals surface area contributed by atoms with Crippen LogP contribution in [0.3, 0.4) is 0 Å². The van der Waals surface area contributed by atoms with E-state index >= 15 is 0 Å². The molecule has 11 heteroatoms. The van der Waals surface area contributed by atoms with Gasteiger partial charge in [0.05, 0.1) is 12.1 Å². The van der Waals surface area contributed by atoms with E-state index in [2.05, 4.69) is 10.6 Å². The summed E-state index contributed by atoms with van der Waals surface area (Å²) in [5, 5.41) is 5.10. The van der Waals surface area contributed by atoms with E-state index in [0.29, 0.717) is 19.3 Å². The number of carbonyl (C=O) groups excluding carboxylic acids is 6. The summed E-state index contributed by atoms with van der Waals surface area (Å²) in [6.07, 6.45) is 3.10. The van der Waals surface area contributed by atoms with Gasteiger partial charge in [-0.1, -0.05) is 13.8 Å². The fourth-order valence-electron chi connectivity index (χ4n) is 3.56. The summed E-state index contributed by atoms with van der Waals surface area (Å²) in [5.74, 6) is -2.79. The Morgan fingerprint density at radius 3 is 2.17 bits per heavy atom. The summed E-state index contributed by atoms with van der Waals surface area (Å²) in [7, 11) is 0. The molecular weight excluding hydrogens is 468 g/mol. The first-order valence-corrected chi connectivity index (χ1v) is 12.1. The van der Waals surface area contributed by atoms with Crippen molar-refractivity contribution in [2.24, 2.45) is 5.92 Å². The van der Waals surface area contributed by atoms with E-state index in [1.807, 2.05) is 34.6 Å². The highest BCUT2D eigenvalue weighted by molar-refractivity contribution is 6.14. The highest BCUT2D eigenvalue weighted by Crippen LogP contribution is 2.22.